The zero-order valence-electron chi connectivity index (χ0n) is 22.6. The Morgan fingerprint density at radius 3 is 1.69 bits per heavy atom. The molecule has 2 nitrogen and oxygen atoms in total. The van der Waals surface area contributed by atoms with Gasteiger partial charge in [0.2, 0.25) is 0 Å². The Morgan fingerprint density at radius 2 is 1.03 bits per heavy atom. The Bertz CT molecular complexity index is 736. The van der Waals surface area contributed by atoms with Crippen LogP contribution in [0.3, 0.4) is 0 Å². The Labute approximate surface area is 216 Å². The molecule has 0 aromatic heterocycles. The molecule has 3 aliphatic carbocycles. The van der Waals surface area contributed by atoms with Crippen molar-refractivity contribution in [3.05, 3.63) is 46.8 Å². The fraction of sp³-hybridized carbons (Fsp3) is 0.727. The normalized spacial score (nSPS) is 23.2. The van der Waals surface area contributed by atoms with Crippen molar-refractivity contribution in [2.75, 3.05) is 0 Å². The fourth-order valence-electron chi connectivity index (χ4n) is 5.74. The standard InChI is InChI=1S/C33H52O2/c34-33(35-31-26-20-14-8-3-9-15-21-27-31)32(30-24-18-12-6-2-7-13-19-25-30)28-29-22-16-10-4-1-5-11-17-23-29/h22,24,26,28H,1-21,23,25,27H2. The van der Waals surface area contributed by atoms with Crippen LogP contribution in [-0.2, 0) is 9.53 Å². The van der Waals surface area contributed by atoms with E-state index in [0.29, 0.717) is 0 Å². The summed E-state index contributed by atoms with van der Waals surface area (Å²) in [4.78, 5) is 13.8. The van der Waals surface area contributed by atoms with Crippen LogP contribution in [0.4, 0.5) is 0 Å². The molecule has 0 radical (unpaired) electrons. The van der Waals surface area contributed by atoms with E-state index in [-0.39, 0.29) is 5.97 Å². The van der Waals surface area contributed by atoms with E-state index in [1.54, 1.807) is 0 Å². The minimum atomic E-state index is -0.102. The number of allylic oxidation sites excluding steroid dienone is 6. The summed E-state index contributed by atoms with van der Waals surface area (Å²) in [7, 11) is 0. The number of ether oxygens (including phenoxy) is 1. The monoisotopic (exact) mass is 480 g/mol. The summed E-state index contributed by atoms with van der Waals surface area (Å²) in [5.74, 6) is 0.817. The predicted molar refractivity (Wildman–Crippen MR) is 149 cm³/mol. The number of hydrogen-bond acceptors (Lipinski definition) is 2. The minimum Gasteiger partial charge on any atom is -0.428 e. The summed E-state index contributed by atoms with van der Waals surface area (Å²) in [6, 6.07) is 0. The first-order valence-electron chi connectivity index (χ1n) is 15.3. The van der Waals surface area contributed by atoms with E-state index in [1.165, 1.54) is 120 Å². The molecule has 0 fully saturated rings. The Morgan fingerprint density at radius 1 is 0.543 bits per heavy atom. The molecule has 0 saturated heterocycles. The first-order valence-corrected chi connectivity index (χ1v) is 15.3. The molecule has 0 aromatic carbocycles. The fourth-order valence-corrected chi connectivity index (χ4v) is 5.74. The van der Waals surface area contributed by atoms with Crippen molar-refractivity contribution >= 4 is 5.97 Å². The van der Waals surface area contributed by atoms with Crippen molar-refractivity contribution in [2.24, 2.45) is 0 Å². The molecule has 0 unspecified atom stereocenters. The van der Waals surface area contributed by atoms with Gasteiger partial charge in [-0.15, -0.1) is 0 Å². The smallest absolute Gasteiger partial charge is 0.343 e. The molecule has 0 saturated carbocycles. The van der Waals surface area contributed by atoms with Crippen LogP contribution in [0.5, 0.6) is 0 Å². The zero-order valence-corrected chi connectivity index (χ0v) is 22.6. The van der Waals surface area contributed by atoms with Crippen molar-refractivity contribution < 1.29 is 9.53 Å². The van der Waals surface area contributed by atoms with Crippen LogP contribution in [0.15, 0.2) is 46.8 Å². The molecule has 0 atom stereocenters. The molecule has 0 spiro atoms. The van der Waals surface area contributed by atoms with E-state index in [0.717, 1.165) is 56.3 Å². The quantitative estimate of drug-likeness (QED) is 0.295. The largest absolute Gasteiger partial charge is 0.428 e. The molecule has 3 rings (SSSR count). The second kappa shape index (κ2) is 17.8. The first-order chi connectivity index (χ1) is 17.3. The molecule has 3 aliphatic rings. The van der Waals surface area contributed by atoms with Crippen LogP contribution in [0.25, 0.3) is 0 Å². The highest BCUT2D eigenvalue weighted by atomic mass is 16.5. The van der Waals surface area contributed by atoms with Gasteiger partial charge in [0, 0.05) is 6.42 Å². The third-order valence-electron chi connectivity index (χ3n) is 7.99. The van der Waals surface area contributed by atoms with Crippen LogP contribution in [0.1, 0.15) is 154 Å². The summed E-state index contributed by atoms with van der Waals surface area (Å²) < 4.78 is 6.19. The minimum absolute atomic E-state index is 0.102. The van der Waals surface area contributed by atoms with E-state index in [1.807, 2.05) is 0 Å². The number of carbonyl (C=O) groups is 1. The molecule has 0 aliphatic heterocycles. The summed E-state index contributed by atoms with van der Waals surface area (Å²) in [5, 5.41) is 0. The van der Waals surface area contributed by atoms with E-state index in [9.17, 15) is 4.79 Å². The molecular formula is C33H52O2. The molecule has 0 aromatic rings. The van der Waals surface area contributed by atoms with Gasteiger partial charge < -0.3 is 4.74 Å². The van der Waals surface area contributed by atoms with Crippen LogP contribution >= 0.6 is 0 Å². The molecule has 0 amide bonds. The molecule has 2 heteroatoms. The third-order valence-corrected chi connectivity index (χ3v) is 7.99. The van der Waals surface area contributed by atoms with Crippen molar-refractivity contribution in [3.8, 4) is 0 Å². The van der Waals surface area contributed by atoms with Gasteiger partial charge in [0.1, 0.15) is 5.76 Å². The number of hydrogen-bond donors (Lipinski definition) is 0. The van der Waals surface area contributed by atoms with Crippen molar-refractivity contribution in [1.82, 2.24) is 0 Å². The Balaban J connectivity index is 1.83. The second-order valence-corrected chi connectivity index (χ2v) is 11.1. The lowest BCUT2D eigenvalue weighted by atomic mass is 9.92. The van der Waals surface area contributed by atoms with Gasteiger partial charge in [-0.05, 0) is 88.4 Å². The molecule has 35 heavy (non-hydrogen) atoms. The summed E-state index contributed by atoms with van der Waals surface area (Å²) in [5.41, 5.74) is 3.46. The van der Waals surface area contributed by atoms with Gasteiger partial charge >= 0.3 is 5.97 Å². The highest BCUT2D eigenvalue weighted by Gasteiger charge is 2.19. The highest BCUT2D eigenvalue weighted by molar-refractivity contribution is 5.94. The van der Waals surface area contributed by atoms with Gasteiger partial charge in [0.05, 0.1) is 5.57 Å². The maximum Gasteiger partial charge on any atom is 0.343 e. The first kappa shape index (κ1) is 28.0. The van der Waals surface area contributed by atoms with E-state index < -0.39 is 0 Å². The lowest BCUT2D eigenvalue weighted by molar-refractivity contribution is -0.135. The van der Waals surface area contributed by atoms with Gasteiger partial charge in [0.25, 0.3) is 0 Å². The SMILES string of the molecule is O=C(OC1=CCCCCCCCC1)C(=CC1=CCCCCCCCC1)C1=CCCCCCCCC1. The second-order valence-electron chi connectivity index (χ2n) is 11.1. The average Bonchev–Trinajstić information content (AvgIpc) is 2.88. The maximum absolute atomic E-state index is 13.8. The van der Waals surface area contributed by atoms with Crippen LogP contribution in [0.2, 0.25) is 0 Å². The van der Waals surface area contributed by atoms with Crippen LogP contribution < -0.4 is 0 Å². The number of rotatable bonds is 4. The van der Waals surface area contributed by atoms with E-state index in [4.69, 9.17) is 4.74 Å². The zero-order chi connectivity index (χ0) is 24.4. The third kappa shape index (κ3) is 11.8. The van der Waals surface area contributed by atoms with Gasteiger partial charge in [-0.25, -0.2) is 4.79 Å². The average molecular weight is 481 g/mol. The van der Waals surface area contributed by atoms with Crippen molar-refractivity contribution in [2.45, 2.75) is 154 Å². The summed E-state index contributed by atoms with van der Waals surface area (Å²) in [6.45, 7) is 0. The summed E-state index contributed by atoms with van der Waals surface area (Å²) >= 11 is 0. The van der Waals surface area contributed by atoms with Crippen molar-refractivity contribution in [1.29, 1.82) is 0 Å². The topological polar surface area (TPSA) is 26.3 Å². The number of carbonyl (C=O) groups excluding carboxylic acids is 1. The number of esters is 1. The molecule has 0 heterocycles. The van der Waals surface area contributed by atoms with Crippen molar-refractivity contribution in [3.63, 3.8) is 0 Å². The molecule has 0 N–H and O–H groups in total. The molecular weight excluding hydrogens is 428 g/mol. The van der Waals surface area contributed by atoms with E-state index >= 15 is 0 Å². The van der Waals surface area contributed by atoms with Gasteiger partial charge in [-0.2, -0.15) is 0 Å². The Kier molecular flexibility index (Phi) is 14.2. The Hall–Kier alpha value is -1.57. The van der Waals surface area contributed by atoms with Gasteiger partial charge in [-0.1, -0.05) is 94.8 Å². The lowest BCUT2D eigenvalue weighted by Gasteiger charge is -2.17. The maximum atomic E-state index is 13.8. The van der Waals surface area contributed by atoms with Gasteiger partial charge in [-0.3, -0.25) is 0 Å². The summed E-state index contributed by atoms with van der Waals surface area (Å²) in [6.07, 6.45) is 38.6. The van der Waals surface area contributed by atoms with Crippen LogP contribution in [-0.4, -0.2) is 5.97 Å². The van der Waals surface area contributed by atoms with Gasteiger partial charge in [0.15, 0.2) is 0 Å². The molecule has 196 valence electrons. The molecule has 0 bridgehead atoms. The highest BCUT2D eigenvalue weighted by Crippen LogP contribution is 2.28. The van der Waals surface area contributed by atoms with Crippen LogP contribution in [0, 0.1) is 0 Å². The van der Waals surface area contributed by atoms with E-state index in [2.05, 4.69) is 24.3 Å². The predicted octanol–water partition coefficient (Wildman–Crippen LogP) is 10.6. The lowest BCUT2D eigenvalue weighted by Crippen LogP contribution is -2.12.